The summed E-state index contributed by atoms with van der Waals surface area (Å²) in [5.41, 5.74) is 1.91. The van der Waals surface area contributed by atoms with Crippen molar-refractivity contribution in [1.82, 2.24) is 0 Å². The predicted molar refractivity (Wildman–Crippen MR) is 134 cm³/mol. The van der Waals surface area contributed by atoms with E-state index in [2.05, 4.69) is 27.4 Å². The molecule has 4 aliphatic carbocycles. The SMILES string of the molecule is C=C(CC[C@@H](C)[C@H]1CC[C@H]2C3=C(C(=O)C[C@]12C)[C@@]1(C)CCC(=O)[C@@H](C)[C@H]1CC3=O)[C@H](C)C(=O)OC. The van der Waals surface area contributed by atoms with Gasteiger partial charge in [-0.05, 0) is 68.1 Å². The van der Waals surface area contributed by atoms with E-state index in [1.165, 1.54) is 7.11 Å². The summed E-state index contributed by atoms with van der Waals surface area (Å²) in [6.07, 6.45) is 5.68. The van der Waals surface area contributed by atoms with Crippen molar-refractivity contribution in [2.45, 2.75) is 86.0 Å². The molecule has 0 aromatic heterocycles. The van der Waals surface area contributed by atoms with E-state index >= 15 is 0 Å². The van der Waals surface area contributed by atoms with Gasteiger partial charge < -0.3 is 4.74 Å². The fraction of sp³-hybridized carbons (Fsp3) is 0.733. The summed E-state index contributed by atoms with van der Waals surface area (Å²) in [5, 5.41) is 0. The Morgan fingerprint density at radius 2 is 1.83 bits per heavy atom. The average molecular weight is 483 g/mol. The third-order valence-corrected chi connectivity index (χ3v) is 10.7. The third-order valence-electron chi connectivity index (χ3n) is 10.7. The zero-order valence-electron chi connectivity index (χ0n) is 22.4. The summed E-state index contributed by atoms with van der Waals surface area (Å²) in [6, 6.07) is 0. The van der Waals surface area contributed by atoms with Gasteiger partial charge in [-0.25, -0.2) is 0 Å². The van der Waals surface area contributed by atoms with Crippen molar-refractivity contribution in [3.63, 3.8) is 0 Å². The molecule has 0 amide bonds. The van der Waals surface area contributed by atoms with E-state index < -0.39 is 0 Å². The molecular formula is C30H42O5. The Balaban J connectivity index is 1.59. The Hall–Kier alpha value is -2.04. The van der Waals surface area contributed by atoms with Crippen molar-refractivity contribution >= 4 is 23.3 Å². The van der Waals surface area contributed by atoms with Crippen molar-refractivity contribution < 1.29 is 23.9 Å². The fourth-order valence-corrected chi connectivity index (χ4v) is 8.41. The Kier molecular flexibility index (Phi) is 6.78. The van der Waals surface area contributed by atoms with E-state index in [1.54, 1.807) is 0 Å². The highest BCUT2D eigenvalue weighted by Crippen LogP contribution is 2.64. The molecule has 4 aliphatic rings. The summed E-state index contributed by atoms with van der Waals surface area (Å²) in [5.74, 6) is 0.522. The van der Waals surface area contributed by atoms with E-state index in [0.717, 1.165) is 42.4 Å². The predicted octanol–water partition coefficient (Wildman–Crippen LogP) is 5.66. The number of carbonyl (C=O) groups excluding carboxylic acids is 4. The first kappa shape index (κ1) is 26.0. The molecule has 0 heterocycles. The maximum Gasteiger partial charge on any atom is 0.312 e. The molecule has 35 heavy (non-hydrogen) atoms. The largest absolute Gasteiger partial charge is 0.469 e. The van der Waals surface area contributed by atoms with Gasteiger partial charge in [-0.1, -0.05) is 39.8 Å². The van der Waals surface area contributed by atoms with Crippen molar-refractivity contribution in [2.75, 3.05) is 7.11 Å². The monoisotopic (exact) mass is 482 g/mol. The zero-order valence-corrected chi connectivity index (χ0v) is 22.4. The minimum absolute atomic E-state index is 0.0535. The van der Waals surface area contributed by atoms with Gasteiger partial charge in [0.15, 0.2) is 11.6 Å². The van der Waals surface area contributed by atoms with Gasteiger partial charge >= 0.3 is 5.97 Å². The van der Waals surface area contributed by atoms with Crippen molar-refractivity contribution in [1.29, 1.82) is 0 Å². The third kappa shape index (κ3) is 3.97. The van der Waals surface area contributed by atoms with E-state index in [-0.39, 0.29) is 57.8 Å². The molecule has 0 N–H and O–H groups in total. The molecule has 0 unspecified atom stereocenters. The normalized spacial score (nSPS) is 38.4. The maximum atomic E-state index is 13.8. The zero-order chi connectivity index (χ0) is 25.9. The number of carbonyl (C=O) groups is 4. The van der Waals surface area contributed by atoms with Gasteiger partial charge in [-0.15, -0.1) is 0 Å². The maximum absolute atomic E-state index is 13.8. The first-order valence-corrected chi connectivity index (χ1v) is 13.5. The second-order valence-electron chi connectivity index (χ2n) is 12.5. The lowest BCUT2D eigenvalue weighted by atomic mass is 9.48. The lowest BCUT2D eigenvalue weighted by Gasteiger charge is -2.53. The van der Waals surface area contributed by atoms with Crippen LogP contribution in [0.5, 0.6) is 0 Å². The summed E-state index contributed by atoms with van der Waals surface area (Å²) >= 11 is 0. The van der Waals surface area contributed by atoms with E-state index in [9.17, 15) is 19.2 Å². The van der Waals surface area contributed by atoms with Crippen molar-refractivity contribution in [3.8, 4) is 0 Å². The standard InChI is InChI=1S/C30H42O5/c1-16(18(3)28(34)35-7)8-9-17(2)20-10-11-21-26-24(32)14-22-19(4)23(31)12-13-29(22,5)27(26)25(33)15-30(20,21)6/h17-22H,1,8-15H2,2-7H3/t17-,18+,19+,20-,21+,22-,29+,30-/m1/s1. The number of fused-ring (bicyclic) bond motifs is 4. The molecule has 0 spiro atoms. The second kappa shape index (κ2) is 9.12. The van der Waals surface area contributed by atoms with Crippen LogP contribution in [-0.4, -0.2) is 30.4 Å². The summed E-state index contributed by atoms with van der Waals surface area (Å²) in [7, 11) is 1.40. The molecule has 192 valence electrons. The molecule has 2 saturated carbocycles. The number of esters is 1. The fourth-order valence-electron chi connectivity index (χ4n) is 8.41. The van der Waals surface area contributed by atoms with Crippen LogP contribution in [0.2, 0.25) is 0 Å². The minimum atomic E-state index is -0.361. The quantitative estimate of drug-likeness (QED) is 0.360. The van der Waals surface area contributed by atoms with E-state index in [0.29, 0.717) is 37.5 Å². The van der Waals surface area contributed by atoms with Gasteiger partial charge in [0.05, 0.1) is 13.0 Å². The molecule has 0 aromatic rings. The Bertz CT molecular complexity index is 1000. The molecule has 0 aromatic carbocycles. The van der Waals surface area contributed by atoms with Crippen LogP contribution in [0.3, 0.4) is 0 Å². The van der Waals surface area contributed by atoms with Crippen LogP contribution >= 0.6 is 0 Å². The Labute approximate surface area is 210 Å². The van der Waals surface area contributed by atoms with Crippen molar-refractivity contribution in [3.05, 3.63) is 23.3 Å². The van der Waals surface area contributed by atoms with Gasteiger partial charge in [0.2, 0.25) is 0 Å². The van der Waals surface area contributed by atoms with Gasteiger partial charge in [0.25, 0.3) is 0 Å². The molecule has 4 rings (SSSR count). The molecular weight excluding hydrogens is 440 g/mol. The first-order valence-electron chi connectivity index (χ1n) is 13.5. The lowest BCUT2D eigenvalue weighted by molar-refractivity contribution is -0.143. The smallest absolute Gasteiger partial charge is 0.312 e. The van der Waals surface area contributed by atoms with Crippen LogP contribution in [0.15, 0.2) is 23.3 Å². The highest BCUT2D eigenvalue weighted by Gasteiger charge is 2.61. The molecule has 2 fully saturated rings. The number of Topliss-reactive ketones (excluding diaryl/α,β-unsaturated/α-hetero) is 3. The molecule has 5 nitrogen and oxygen atoms in total. The second-order valence-corrected chi connectivity index (χ2v) is 12.5. The number of methoxy groups -OCH3 is 1. The highest BCUT2D eigenvalue weighted by molar-refractivity contribution is 6.11. The number of allylic oxidation sites excluding steroid dienone is 2. The van der Waals surface area contributed by atoms with Crippen LogP contribution in [0.4, 0.5) is 0 Å². The van der Waals surface area contributed by atoms with Crippen LogP contribution in [0.1, 0.15) is 86.0 Å². The van der Waals surface area contributed by atoms with Crippen LogP contribution in [-0.2, 0) is 23.9 Å². The summed E-state index contributed by atoms with van der Waals surface area (Å²) in [4.78, 5) is 51.8. The van der Waals surface area contributed by atoms with Crippen LogP contribution in [0, 0.1) is 46.3 Å². The summed E-state index contributed by atoms with van der Waals surface area (Å²) < 4.78 is 4.86. The molecule has 8 atom stereocenters. The van der Waals surface area contributed by atoms with Crippen LogP contribution < -0.4 is 0 Å². The lowest BCUT2D eigenvalue weighted by Crippen LogP contribution is -2.53. The molecule has 0 radical (unpaired) electrons. The average Bonchev–Trinajstić information content (AvgIpc) is 3.16. The molecule has 0 saturated heterocycles. The first-order chi connectivity index (χ1) is 16.4. The van der Waals surface area contributed by atoms with Gasteiger partial charge in [0.1, 0.15) is 5.78 Å². The highest BCUT2D eigenvalue weighted by atomic mass is 16.5. The Morgan fingerprint density at radius 3 is 2.49 bits per heavy atom. The van der Waals surface area contributed by atoms with Crippen molar-refractivity contribution in [2.24, 2.45) is 46.3 Å². The number of hydrogen-bond acceptors (Lipinski definition) is 5. The van der Waals surface area contributed by atoms with Gasteiger partial charge in [0, 0.05) is 41.7 Å². The van der Waals surface area contributed by atoms with E-state index in [4.69, 9.17) is 4.74 Å². The van der Waals surface area contributed by atoms with E-state index in [1.807, 2.05) is 13.8 Å². The topological polar surface area (TPSA) is 77.5 Å². The number of ether oxygens (including phenoxy) is 1. The van der Waals surface area contributed by atoms with Gasteiger partial charge in [-0.3, -0.25) is 19.2 Å². The number of hydrogen-bond donors (Lipinski definition) is 0. The Morgan fingerprint density at radius 1 is 1.14 bits per heavy atom. The van der Waals surface area contributed by atoms with Gasteiger partial charge in [-0.2, -0.15) is 0 Å². The molecule has 0 aliphatic heterocycles. The number of rotatable bonds is 6. The van der Waals surface area contributed by atoms with Crippen LogP contribution in [0.25, 0.3) is 0 Å². The molecule has 5 heteroatoms. The minimum Gasteiger partial charge on any atom is -0.469 e. The number of ketones is 3. The summed E-state index contributed by atoms with van der Waals surface area (Å²) in [6.45, 7) is 14.5. The molecule has 0 bridgehead atoms.